The zero-order chi connectivity index (χ0) is 41.3. The van der Waals surface area contributed by atoms with Crippen LogP contribution < -0.4 is 15.4 Å². The summed E-state index contributed by atoms with van der Waals surface area (Å²) in [5.74, 6) is -4.86. The topological polar surface area (TPSA) is 218 Å². The third-order valence-electron chi connectivity index (χ3n) is 10.4. The molecule has 57 heavy (non-hydrogen) atoms. The first-order valence-corrected chi connectivity index (χ1v) is 20.3. The second kappa shape index (κ2) is 16.1. The number of allylic oxidation sites excluding steroid dienone is 1. The fourth-order valence-corrected chi connectivity index (χ4v) is 8.43. The third kappa shape index (κ3) is 9.38. The van der Waals surface area contributed by atoms with E-state index in [-0.39, 0.29) is 49.4 Å². The molecular weight excluding hydrogens is 766 g/mol. The number of fused-ring (bicyclic) bond motifs is 3. The first kappa shape index (κ1) is 41.1. The van der Waals surface area contributed by atoms with Gasteiger partial charge < -0.3 is 30.1 Å². The molecule has 6 rings (SSSR count). The highest BCUT2D eigenvalue weighted by atomic mass is 32.2. The maximum atomic E-state index is 14.5. The molecule has 2 aromatic rings. The van der Waals surface area contributed by atoms with E-state index in [2.05, 4.69) is 10.6 Å². The molecular formula is C39H46FN5O11S. The Kier molecular flexibility index (Phi) is 11.7. The molecule has 0 bridgehead atoms. The molecule has 16 nitrogen and oxygen atoms in total. The van der Waals surface area contributed by atoms with Gasteiger partial charge in [-0.05, 0) is 82.3 Å². The number of amides is 5. The molecule has 4 aliphatic rings. The van der Waals surface area contributed by atoms with Crippen LogP contribution in [0.4, 0.5) is 14.0 Å². The number of ether oxygens (including phenoxy) is 2. The highest BCUT2D eigenvalue weighted by Gasteiger charge is 2.62. The lowest BCUT2D eigenvalue weighted by Crippen LogP contribution is -2.58. The van der Waals surface area contributed by atoms with Crippen molar-refractivity contribution in [3.05, 3.63) is 77.1 Å². The molecule has 18 heteroatoms. The lowest BCUT2D eigenvalue weighted by Gasteiger charge is -2.30. The van der Waals surface area contributed by atoms with Gasteiger partial charge in [-0.2, -0.15) is 0 Å². The zero-order valence-corrected chi connectivity index (χ0v) is 32.6. The molecule has 0 aromatic heterocycles. The number of nitrogens with zero attached hydrogens (tertiary/aromatic N) is 2. The van der Waals surface area contributed by atoms with Gasteiger partial charge in [0.1, 0.15) is 35.1 Å². The molecule has 2 fully saturated rings. The van der Waals surface area contributed by atoms with Crippen LogP contribution >= 0.6 is 0 Å². The highest BCUT2D eigenvalue weighted by Crippen LogP contribution is 2.46. The SMILES string of the molecule is CC(C)(C)OC(=O)N[C@H]1CCCCC/C=C\[C@@H]2C[C@@]2(C(=O)NS(=O)(=O)c2ccc(C(=O)O)cc2)NC(=O)[C@@H]2C[C@@H](OC(=O)N3Cc4cccc(F)c4C3)CN2C1=O. The smallest absolute Gasteiger partial charge is 0.410 e. The van der Waals surface area contributed by atoms with Crippen LogP contribution in [0.3, 0.4) is 0 Å². The minimum absolute atomic E-state index is 0.0303. The van der Waals surface area contributed by atoms with E-state index in [0.29, 0.717) is 36.8 Å². The van der Waals surface area contributed by atoms with Crippen molar-refractivity contribution >= 4 is 45.9 Å². The Hall–Kier alpha value is -5.52. The first-order chi connectivity index (χ1) is 26.9. The molecule has 0 spiro atoms. The molecule has 1 saturated carbocycles. The second-order valence-electron chi connectivity index (χ2n) is 15.8. The van der Waals surface area contributed by atoms with Gasteiger partial charge >= 0.3 is 18.2 Å². The zero-order valence-electron chi connectivity index (χ0n) is 31.8. The average Bonchev–Trinajstić information content (AvgIpc) is 3.42. The second-order valence-corrected chi connectivity index (χ2v) is 17.5. The number of halogens is 1. The average molecular weight is 812 g/mol. The van der Waals surface area contributed by atoms with Crippen molar-refractivity contribution in [2.75, 3.05) is 6.54 Å². The maximum Gasteiger partial charge on any atom is 0.410 e. The van der Waals surface area contributed by atoms with Crippen molar-refractivity contribution in [2.45, 2.75) is 113 Å². The molecule has 1 saturated heterocycles. The Labute approximate surface area is 329 Å². The number of rotatable bonds is 6. The molecule has 3 aliphatic heterocycles. The molecule has 2 aromatic carbocycles. The predicted molar refractivity (Wildman–Crippen MR) is 199 cm³/mol. The van der Waals surface area contributed by atoms with Gasteiger partial charge in [0.2, 0.25) is 11.8 Å². The lowest BCUT2D eigenvalue weighted by molar-refractivity contribution is -0.141. The summed E-state index contributed by atoms with van der Waals surface area (Å²) in [6, 6.07) is 6.31. The van der Waals surface area contributed by atoms with E-state index in [4.69, 9.17) is 9.47 Å². The van der Waals surface area contributed by atoms with Crippen molar-refractivity contribution in [1.82, 2.24) is 25.2 Å². The fraction of sp³-hybridized carbons (Fsp3) is 0.487. The fourth-order valence-electron chi connectivity index (χ4n) is 7.39. The Morgan fingerprint density at radius 1 is 1.02 bits per heavy atom. The van der Waals surface area contributed by atoms with E-state index >= 15 is 0 Å². The van der Waals surface area contributed by atoms with Crippen molar-refractivity contribution < 1.29 is 56.2 Å². The number of hydrogen-bond donors (Lipinski definition) is 4. The third-order valence-corrected chi connectivity index (χ3v) is 11.8. The number of aromatic carboxylic acids is 1. The van der Waals surface area contributed by atoms with Crippen LogP contribution in [0.2, 0.25) is 0 Å². The molecule has 306 valence electrons. The Morgan fingerprint density at radius 2 is 1.75 bits per heavy atom. The summed E-state index contributed by atoms with van der Waals surface area (Å²) in [5.41, 5.74) is -1.81. The number of sulfonamides is 1. The number of carbonyl (C=O) groups is 6. The van der Waals surface area contributed by atoms with Crippen molar-refractivity contribution in [3.63, 3.8) is 0 Å². The summed E-state index contributed by atoms with van der Waals surface area (Å²) in [5, 5.41) is 14.6. The van der Waals surface area contributed by atoms with Gasteiger partial charge in [0.15, 0.2) is 0 Å². The molecule has 5 atom stereocenters. The molecule has 5 amide bonds. The monoisotopic (exact) mass is 811 g/mol. The maximum absolute atomic E-state index is 14.5. The number of nitrogens with one attached hydrogen (secondary N) is 3. The summed E-state index contributed by atoms with van der Waals surface area (Å²) in [6.45, 7) is 4.80. The van der Waals surface area contributed by atoms with Crippen LogP contribution in [0.15, 0.2) is 59.5 Å². The van der Waals surface area contributed by atoms with Gasteiger partial charge in [-0.15, -0.1) is 0 Å². The van der Waals surface area contributed by atoms with Gasteiger partial charge in [0, 0.05) is 24.4 Å². The van der Waals surface area contributed by atoms with E-state index in [1.165, 1.54) is 15.9 Å². The number of carboxylic acids is 1. The molecule has 1 aliphatic carbocycles. The van der Waals surface area contributed by atoms with Gasteiger partial charge in [-0.1, -0.05) is 37.1 Å². The molecule has 0 radical (unpaired) electrons. The number of benzene rings is 2. The van der Waals surface area contributed by atoms with Gasteiger partial charge in [-0.25, -0.2) is 31.9 Å². The largest absolute Gasteiger partial charge is 0.478 e. The number of carboxylic acid groups (broad SMARTS) is 1. The normalized spacial score (nSPS) is 25.7. The van der Waals surface area contributed by atoms with E-state index in [1.807, 2.05) is 10.8 Å². The molecule has 3 heterocycles. The van der Waals surface area contributed by atoms with E-state index in [0.717, 1.165) is 24.3 Å². The lowest BCUT2D eigenvalue weighted by atomic mass is 10.0. The van der Waals surface area contributed by atoms with Gasteiger partial charge in [0.25, 0.3) is 15.9 Å². The Balaban J connectivity index is 1.26. The minimum Gasteiger partial charge on any atom is -0.478 e. The van der Waals surface area contributed by atoms with Crippen LogP contribution in [-0.4, -0.2) is 95.1 Å². The number of carbonyl (C=O) groups excluding carboxylic acids is 5. The van der Waals surface area contributed by atoms with Crippen LogP contribution in [-0.2, 0) is 47.0 Å². The van der Waals surface area contributed by atoms with Crippen LogP contribution in [0.5, 0.6) is 0 Å². The molecule has 4 N–H and O–H groups in total. The summed E-state index contributed by atoms with van der Waals surface area (Å²) in [6.07, 6.45) is 3.41. The number of alkyl carbamates (subject to hydrolysis) is 1. The van der Waals surface area contributed by atoms with Crippen molar-refractivity contribution in [2.24, 2.45) is 5.92 Å². The first-order valence-electron chi connectivity index (χ1n) is 18.8. The molecule has 0 unspecified atom stereocenters. The van der Waals surface area contributed by atoms with Gasteiger partial charge in [-0.3, -0.25) is 19.3 Å². The van der Waals surface area contributed by atoms with Crippen molar-refractivity contribution in [1.29, 1.82) is 0 Å². The van der Waals surface area contributed by atoms with Gasteiger partial charge in [0.05, 0.1) is 23.5 Å². The standard InChI is InChI=1S/C39H46FN5O11S/c1-38(2,3)56-36(51)41-30-13-8-6-4-5-7-11-25-19-39(25,35(50)43-57(53,54)27-16-14-23(15-17-27)34(48)49)42-32(46)31-18-26(21-45(31)33(30)47)55-37(52)44-20-24-10-9-12-29(40)28(24)22-44/h7,9-12,14-17,25-26,30-31H,4-6,8,13,18-22H2,1-3H3,(H,41,51)(H,42,46)(H,43,50)(H,48,49)/b11-7-/t25-,26-,30+,31+,39-/m1/s1. The van der Waals surface area contributed by atoms with E-state index in [9.17, 15) is 46.7 Å². The van der Waals surface area contributed by atoms with Crippen LogP contribution in [0.25, 0.3) is 0 Å². The Morgan fingerprint density at radius 3 is 2.44 bits per heavy atom. The Bertz CT molecular complexity index is 2090. The number of hydrogen-bond acceptors (Lipinski definition) is 10. The van der Waals surface area contributed by atoms with E-state index in [1.54, 1.807) is 39.0 Å². The quantitative estimate of drug-likeness (QED) is 0.308. The summed E-state index contributed by atoms with van der Waals surface area (Å²) in [4.78, 5) is 82.4. The summed E-state index contributed by atoms with van der Waals surface area (Å²) >= 11 is 0. The van der Waals surface area contributed by atoms with Crippen molar-refractivity contribution in [3.8, 4) is 0 Å². The van der Waals surface area contributed by atoms with Crippen LogP contribution in [0, 0.1) is 11.7 Å². The van der Waals surface area contributed by atoms with E-state index < -0.39 is 87.0 Å². The van der Waals surface area contributed by atoms with Crippen LogP contribution in [0.1, 0.15) is 87.2 Å². The summed E-state index contributed by atoms with van der Waals surface area (Å²) < 4.78 is 54.3. The predicted octanol–water partition coefficient (Wildman–Crippen LogP) is 3.74. The highest BCUT2D eigenvalue weighted by molar-refractivity contribution is 7.90. The minimum atomic E-state index is -4.53. The summed E-state index contributed by atoms with van der Waals surface area (Å²) in [7, 11) is -4.53.